The van der Waals surface area contributed by atoms with Crippen LogP contribution in [0.15, 0.2) is 67.0 Å². The lowest BCUT2D eigenvalue weighted by atomic mass is 9.96. The number of rotatable bonds is 5. The van der Waals surface area contributed by atoms with Crippen molar-refractivity contribution in [1.29, 1.82) is 0 Å². The van der Waals surface area contributed by atoms with E-state index in [-0.39, 0.29) is 11.1 Å². The van der Waals surface area contributed by atoms with Crippen LogP contribution in [0.5, 0.6) is 0 Å². The van der Waals surface area contributed by atoms with Gasteiger partial charge in [0.05, 0.1) is 11.9 Å². The fourth-order valence-electron chi connectivity index (χ4n) is 2.74. The summed E-state index contributed by atoms with van der Waals surface area (Å²) in [4.78, 5) is 24.0. The second kappa shape index (κ2) is 7.05. The van der Waals surface area contributed by atoms with E-state index in [1.54, 1.807) is 24.3 Å². The summed E-state index contributed by atoms with van der Waals surface area (Å²) >= 11 is 0. The number of carboxylic acid groups (broad SMARTS) is 2. The van der Waals surface area contributed by atoms with E-state index in [1.807, 2.05) is 29.5 Å². The van der Waals surface area contributed by atoms with E-state index < -0.39 is 11.9 Å². The molecule has 3 rings (SSSR count). The van der Waals surface area contributed by atoms with E-state index in [2.05, 4.69) is 0 Å². The van der Waals surface area contributed by atoms with Crippen LogP contribution in [0.3, 0.4) is 0 Å². The van der Waals surface area contributed by atoms with Gasteiger partial charge in [0, 0.05) is 18.9 Å². The molecule has 5 nitrogen and oxygen atoms in total. The number of hydrogen-bond donors (Lipinski definition) is 0. The minimum atomic E-state index is -1.23. The van der Waals surface area contributed by atoms with Crippen molar-refractivity contribution in [2.45, 2.75) is 13.0 Å². The molecule has 1 aliphatic heterocycles. The molecule has 0 amide bonds. The van der Waals surface area contributed by atoms with E-state index in [0.29, 0.717) is 6.54 Å². The van der Waals surface area contributed by atoms with Crippen LogP contribution in [0.2, 0.25) is 0 Å². The zero-order chi connectivity index (χ0) is 17.8. The fourth-order valence-corrected chi connectivity index (χ4v) is 2.74. The predicted octanol–water partition coefficient (Wildman–Crippen LogP) is 1.31. The quantitative estimate of drug-likeness (QED) is 0.824. The van der Waals surface area contributed by atoms with Crippen LogP contribution >= 0.6 is 0 Å². The Labute approximate surface area is 145 Å². The summed E-state index contributed by atoms with van der Waals surface area (Å²) in [6.07, 6.45) is 8.77. The van der Waals surface area contributed by atoms with Crippen molar-refractivity contribution in [3.05, 3.63) is 83.7 Å². The largest absolute Gasteiger partial charge is 0.545 e. The Morgan fingerprint density at radius 1 is 0.880 bits per heavy atom. The Balaban J connectivity index is 2.00. The van der Waals surface area contributed by atoms with Gasteiger partial charge in [0.15, 0.2) is 0 Å². The van der Waals surface area contributed by atoms with Gasteiger partial charge in [-0.05, 0) is 40.3 Å². The number of allylic oxidation sites excluding steroid dienone is 2. The highest BCUT2D eigenvalue weighted by Gasteiger charge is 2.10. The van der Waals surface area contributed by atoms with Crippen molar-refractivity contribution in [3.8, 4) is 11.1 Å². The molecular formula is C20H15NO4-2. The zero-order valence-corrected chi connectivity index (χ0v) is 13.3. The van der Waals surface area contributed by atoms with E-state index >= 15 is 0 Å². The van der Waals surface area contributed by atoms with Crippen LogP contribution in [-0.2, 0) is 6.54 Å². The predicted molar refractivity (Wildman–Crippen MR) is 89.0 cm³/mol. The highest BCUT2D eigenvalue weighted by Crippen LogP contribution is 2.27. The molecule has 0 aromatic heterocycles. The number of carbonyl (C=O) groups excluding carboxylic acids is 2. The molecule has 0 N–H and O–H groups in total. The summed E-state index contributed by atoms with van der Waals surface area (Å²) < 4.78 is 0. The van der Waals surface area contributed by atoms with Gasteiger partial charge in [0.25, 0.3) is 0 Å². The molecule has 0 radical (unpaired) electrons. The maximum Gasteiger partial charge on any atom is 0.0715 e. The molecule has 0 atom stereocenters. The number of aromatic carboxylic acids is 2. The van der Waals surface area contributed by atoms with E-state index in [1.165, 1.54) is 18.2 Å². The lowest BCUT2D eigenvalue weighted by Crippen LogP contribution is -2.23. The standard InChI is InChI=1S/C20H17NO4/c22-19(23)15-6-4-14(5-7-15)18-9-8-16(20(24)25)12-17(18)13-21-10-2-1-3-11-21/h2-12H,1,13H2,(H,22,23)(H,24,25)/p-2. The average Bonchev–Trinajstić information content (AvgIpc) is 2.62. The van der Waals surface area contributed by atoms with Crippen LogP contribution in [0, 0.1) is 0 Å². The first-order chi connectivity index (χ1) is 12.0. The normalized spacial score (nSPS) is 13.0. The molecule has 0 spiro atoms. The van der Waals surface area contributed by atoms with Gasteiger partial charge in [-0.2, -0.15) is 0 Å². The fraction of sp³-hybridized carbons (Fsp3) is 0.100. The first kappa shape index (κ1) is 16.5. The van der Waals surface area contributed by atoms with Crippen LogP contribution in [-0.4, -0.2) is 16.8 Å². The monoisotopic (exact) mass is 333 g/mol. The molecule has 25 heavy (non-hydrogen) atoms. The highest BCUT2D eigenvalue weighted by molar-refractivity contribution is 5.88. The van der Waals surface area contributed by atoms with E-state index in [4.69, 9.17) is 0 Å². The SMILES string of the molecule is O=C([O-])c1ccc(-c2ccc(C(=O)[O-])cc2CN2C=CCC=C2)cc1. The molecule has 2 aromatic carbocycles. The van der Waals surface area contributed by atoms with Gasteiger partial charge in [-0.3, -0.25) is 0 Å². The third kappa shape index (κ3) is 3.77. The topological polar surface area (TPSA) is 83.5 Å². The third-order valence-electron chi connectivity index (χ3n) is 3.99. The van der Waals surface area contributed by atoms with Gasteiger partial charge in [-0.1, -0.05) is 48.6 Å². The maximum atomic E-state index is 11.2. The third-order valence-corrected chi connectivity index (χ3v) is 3.99. The number of nitrogens with zero attached hydrogens (tertiary/aromatic N) is 1. The summed E-state index contributed by atoms with van der Waals surface area (Å²) in [5.41, 5.74) is 2.64. The van der Waals surface area contributed by atoms with E-state index in [0.717, 1.165) is 23.1 Å². The van der Waals surface area contributed by atoms with Crippen molar-refractivity contribution in [2.24, 2.45) is 0 Å². The summed E-state index contributed by atoms with van der Waals surface area (Å²) in [5.74, 6) is -2.47. The first-order valence-electron chi connectivity index (χ1n) is 7.80. The second-order valence-electron chi connectivity index (χ2n) is 5.70. The van der Waals surface area contributed by atoms with Crippen molar-refractivity contribution in [2.75, 3.05) is 0 Å². The highest BCUT2D eigenvalue weighted by atomic mass is 16.4. The molecule has 1 heterocycles. The van der Waals surface area contributed by atoms with Crippen LogP contribution < -0.4 is 10.2 Å². The number of benzene rings is 2. The minimum absolute atomic E-state index is 0.0959. The first-order valence-corrected chi connectivity index (χ1v) is 7.80. The van der Waals surface area contributed by atoms with Crippen LogP contribution in [0.1, 0.15) is 32.7 Å². The molecule has 1 aliphatic rings. The maximum absolute atomic E-state index is 11.2. The van der Waals surface area contributed by atoms with Crippen LogP contribution in [0.25, 0.3) is 11.1 Å². The molecule has 5 heteroatoms. The summed E-state index contributed by atoms with van der Waals surface area (Å²) in [6.45, 7) is 0.492. The van der Waals surface area contributed by atoms with Crippen molar-refractivity contribution < 1.29 is 19.8 Å². The molecular weight excluding hydrogens is 318 g/mol. The summed E-state index contributed by atoms with van der Waals surface area (Å²) in [7, 11) is 0. The molecule has 0 saturated carbocycles. The summed E-state index contributed by atoms with van der Waals surface area (Å²) in [6, 6.07) is 11.1. The van der Waals surface area contributed by atoms with Gasteiger partial charge in [-0.25, -0.2) is 0 Å². The second-order valence-corrected chi connectivity index (χ2v) is 5.70. The van der Waals surface area contributed by atoms with Gasteiger partial charge in [-0.15, -0.1) is 0 Å². The van der Waals surface area contributed by atoms with Crippen molar-refractivity contribution in [3.63, 3.8) is 0 Å². The van der Waals surface area contributed by atoms with Gasteiger partial charge < -0.3 is 24.7 Å². The lowest BCUT2D eigenvalue weighted by molar-refractivity contribution is -0.256. The molecule has 0 fully saturated rings. The van der Waals surface area contributed by atoms with Crippen molar-refractivity contribution >= 4 is 11.9 Å². The molecule has 2 aromatic rings. The van der Waals surface area contributed by atoms with Crippen LogP contribution in [0.4, 0.5) is 0 Å². The molecule has 0 unspecified atom stereocenters. The molecule has 0 saturated heterocycles. The van der Waals surface area contributed by atoms with E-state index in [9.17, 15) is 19.8 Å². The lowest BCUT2D eigenvalue weighted by Gasteiger charge is -2.21. The Hall–Kier alpha value is -3.34. The Morgan fingerprint density at radius 2 is 1.48 bits per heavy atom. The zero-order valence-electron chi connectivity index (χ0n) is 13.3. The summed E-state index contributed by atoms with van der Waals surface area (Å²) in [5, 5.41) is 22.1. The number of carboxylic acids is 2. The van der Waals surface area contributed by atoms with Gasteiger partial charge in [0.1, 0.15) is 0 Å². The molecule has 0 aliphatic carbocycles. The Morgan fingerprint density at radius 3 is 2.08 bits per heavy atom. The molecule has 0 bridgehead atoms. The van der Waals surface area contributed by atoms with Gasteiger partial charge in [0.2, 0.25) is 0 Å². The van der Waals surface area contributed by atoms with Gasteiger partial charge >= 0.3 is 0 Å². The number of carbonyl (C=O) groups is 2. The molecule has 126 valence electrons. The Kier molecular flexibility index (Phi) is 4.66. The Bertz CT molecular complexity index is 854. The number of hydrogen-bond acceptors (Lipinski definition) is 5. The average molecular weight is 333 g/mol. The smallest absolute Gasteiger partial charge is 0.0715 e. The van der Waals surface area contributed by atoms with Crippen molar-refractivity contribution in [1.82, 2.24) is 4.90 Å². The minimum Gasteiger partial charge on any atom is -0.545 e.